The predicted molar refractivity (Wildman–Crippen MR) is 70.9 cm³/mol. The summed E-state index contributed by atoms with van der Waals surface area (Å²) in [5.41, 5.74) is 0.943. The zero-order chi connectivity index (χ0) is 13.4. The molecule has 0 fully saturated rings. The van der Waals surface area contributed by atoms with E-state index >= 15 is 0 Å². The molecule has 0 aromatic heterocycles. The van der Waals surface area contributed by atoms with Crippen LogP contribution in [0.4, 0.5) is 9.18 Å². The van der Waals surface area contributed by atoms with Crippen molar-refractivity contribution in [1.29, 1.82) is 0 Å². The lowest BCUT2D eigenvalue weighted by atomic mass is 10.1. The van der Waals surface area contributed by atoms with Crippen LogP contribution in [0.15, 0.2) is 22.7 Å². The summed E-state index contributed by atoms with van der Waals surface area (Å²) in [6.07, 6.45) is 1.17. The Morgan fingerprint density at radius 1 is 1.33 bits per heavy atom. The van der Waals surface area contributed by atoms with E-state index in [0.717, 1.165) is 5.56 Å². The highest BCUT2D eigenvalue weighted by Crippen LogP contribution is 2.16. The second-order valence-corrected chi connectivity index (χ2v) is 4.61. The van der Waals surface area contributed by atoms with E-state index in [2.05, 4.69) is 26.6 Å². The second kappa shape index (κ2) is 8.05. The number of carbonyl (C=O) groups is 1. The number of hydrogen-bond donors (Lipinski definition) is 3. The topological polar surface area (TPSA) is 61.4 Å². The molecule has 0 aliphatic heterocycles. The van der Waals surface area contributed by atoms with Gasteiger partial charge in [-0.2, -0.15) is 0 Å². The molecule has 6 heteroatoms. The van der Waals surface area contributed by atoms with Crippen molar-refractivity contribution in [3.8, 4) is 0 Å². The number of rotatable bonds is 6. The molecule has 0 aliphatic carbocycles. The lowest BCUT2D eigenvalue weighted by molar-refractivity contribution is 0.238. The van der Waals surface area contributed by atoms with Gasteiger partial charge in [-0.1, -0.05) is 6.07 Å². The summed E-state index contributed by atoms with van der Waals surface area (Å²) in [6.45, 7) is 0.983. The normalized spacial score (nSPS) is 10.2. The van der Waals surface area contributed by atoms with Crippen molar-refractivity contribution in [3.05, 3.63) is 34.1 Å². The van der Waals surface area contributed by atoms with Gasteiger partial charge in [0.1, 0.15) is 5.82 Å². The van der Waals surface area contributed by atoms with Crippen LogP contribution >= 0.6 is 15.9 Å². The van der Waals surface area contributed by atoms with Crippen molar-refractivity contribution in [2.75, 3.05) is 19.7 Å². The summed E-state index contributed by atoms with van der Waals surface area (Å²) in [5, 5.41) is 13.8. The Morgan fingerprint density at radius 3 is 2.72 bits per heavy atom. The van der Waals surface area contributed by atoms with Crippen LogP contribution in [-0.4, -0.2) is 30.8 Å². The molecule has 0 heterocycles. The van der Waals surface area contributed by atoms with Gasteiger partial charge in [0, 0.05) is 19.7 Å². The van der Waals surface area contributed by atoms with Gasteiger partial charge in [0.2, 0.25) is 0 Å². The number of carbonyl (C=O) groups excluding carboxylic acids is 1. The van der Waals surface area contributed by atoms with Crippen LogP contribution in [0.1, 0.15) is 12.0 Å². The van der Waals surface area contributed by atoms with Gasteiger partial charge in [-0.3, -0.25) is 0 Å². The molecule has 1 aromatic carbocycles. The second-order valence-electron chi connectivity index (χ2n) is 3.76. The van der Waals surface area contributed by atoms with E-state index in [9.17, 15) is 9.18 Å². The van der Waals surface area contributed by atoms with Crippen LogP contribution in [0, 0.1) is 5.82 Å². The van der Waals surface area contributed by atoms with Gasteiger partial charge in [-0.05, 0) is 46.5 Å². The molecule has 0 saturated heterocycles. The van der Waals surface area contributed by atoms with Crippen LogP contribution in [0.25, 0.3) is 0 Å². The first-order valence-corrected chi connectivity index (χ1v) is 6.49. The highest BCUT2D eigenvalue weighted by molar-refractivity contribution is 9.10. The summed E-state index contributed by atoms with van der Waals surface area (Å²) in [5.74, 6) is -0.298. The molecule has 2 amide bonds. The summed E-state index contributed by atoms with van der Waals surface area (Å²) in [6, 6.07) is 4.51. The van der Waals surface area contributed by atoms with Crippen LogP contribution in [0.2, 0.25) is 0 Å². The Labute approximate surface area is 114 Å². The van der Waals surface area contributed by atoms with Gasteiger partial charge < -0.3 is 15.7 Å². The molecule has 0 unspecified atom stereocenters. The molecular formula is C12H16BrFN2O2. The van der Waals surface area contributed by atoms with E-state index < -0.39 is 0 Å². The molecule has 3 N–H and O–H groups in total. The molecule has 0 radical (unpaired) electrons. The monoisotopic (exact) mass is 318 g/mol. The minimum atomic E-state index is -0.298. The first-order valence-electron chi connectivity index (χ1n) is 5.70. The van der Waals surface area contributed by atoms with Crippen LogP contribution in [0.5, 0.6) is 0 Å². The summed E-state index contributed by atoms with van der Waals surface area (Å²) < 4.78 is 13.4. The molecule has 100 valence electrons. The van der Waals surface area contributed by atoms with E-state index in [4.69, 9.17) is 5.11 Å². The fourth-order valence-electron chi connectivity index (χ4n) is 1.36. The minimum absolute atomic E-state index is 0.0594. The average molecular weight is 319 g/mol. The van der Waals surface area contributed by atoms with E-state index in [0.29, 0.717) is 30.4 Å². The van der Waals surface area contributed by atoms with Gasteiger partial charge in [0.05, 0.1) is 4.47 Å². The van der Waals surface area contributed by atoms with Crippen LogP contribution in [0.3, 0.4) is 0 Å². The van der Waals surface area contributed by atoms with Crippen molar-refractivity contribution >= 4 is 22.0 Å². The summed E-state index contributed by atoms with van der Waals surface area (Å²) >= 11 is 3.11. The highest BCUT2D eigenvalue weighted by Gasteiger charge is 2.02. The Hall–Kier alpha value is -1.14. The van der Waals surface area contributed by atoms with Crippen LogP contribution < -0.4 is 10.6 Å². The molecule has 0 aliphatic rings. The maximum atomic E-state index is 13.0. The number of halogens is 2. The Bertz CT molecular complexity index is 402. The van der Waals surface area contributed by atoms with E-state index in [1.165, 1.54) is 6.07 Å². The molecule has 1 aromatic rings. The minimum Gasteiger partial charge on any atom is -0.396 e. The molecule has 4 nitrogen and oxygen atoms in total. The Balaban J connectivity index is 2.24. The molecule has 1 rings (SSSR count). The lowest BCUT2D eigenvalue weighted by Crippen LogP contribution is -2.37. The molecule has 0 bridgehead atoms. The van der Waals surface area contributed by atoms with Gasteiger partial charge in [0.15, 0.2) is 0 Å². The first kappa shape index (κ1) is 14.9. The zero-order valence-electron chi connectivity index (χ0n) is 9.88. The highest BCUT2D eigenvalue weighted by atomic mass is 79.9. The lowest BCUT2D eigenvalue weighted by Gasteiger charge is -2.07. The maximum absolute atomic E-state index is 13.0. The maximum Gasteiger partial charge on any atom is 0.314 e. The van der Waals surface area contributed by atoms with Crippen molar-refractivity contribution in [2.45, 2.75) is 12.8 Å². The summed E-state index contributed by atoms with van der Waals surface area (Å²) in [7, 11) is 0. The smallest absolute Gasteiger partial charge is 0.314 e. The zero-order valence-corrected chi connectivity index (χ0v) is 11.5. The fourth-order valence-corrected chi connectivity index (χ4v) is 1.79. The molecule has 0 saturated carbocycles. The number of amides is 2. The number of nitrogens with one attached hydrogen (secondary N) is 2. The van der Waals surface area contributed by atoms with Gasteiger partial charge in [-0.15, -0.1) is 0 Å². The van der Waals surface area contributed by atoms with E-state index in [1.54, 1.807) is 12.1 Å². The summed E-state index contributed by atoms with van der Waals surface area (Å²) in [4.78, 5) is 11.3. The van der Waals surface area contributed by atoms with Gasteiger partial charge in [0.25, 0.3) is 0 Å². The third kappa shape index (κ3) is 5.46. The quantitative estimate of drug-likeness (QED) is 0.701. The SMILES string of the molecule is O=C(NCCCO)NCCc1ccc(F)c(Br)c1. The number of aliphatic hydroxyl groups is 1. The third-order valence-corrected chi connectivity index (χ3v) is 2.91. The van der Waals surface area contributed by atoms with Crippen molar-refractivity contribution in [1.82, 2.24) is 10.6 Å². The van der Waals surface area contributed by atoms with Crippen molar-refractivity contribution in [2.24, 2.45) is 0 Å². The predicted octanol–water partition coefficient (Wildman–Crippen LogP) is 1.81. The van der Waals surface area contributed by atoms with Crippen LogP contribution in [-0.2, 0) is 6.42 Å². The first-order chi connectivity index (χ1) is 8.63. The standard InChI is InChI=1S/C12H16BrFN2O2/c13-10-8-9(2-3-11(10)14)4-6-16-12(18)15-5-1-7-17/h2-3,8,17H,1,4-7H2,(H2,15,16,18). The average Bonchev–Trinajstić information content (AvgIpc) is 2.34. The molecular weight excluding hydrogens is 303 g/mol. The van der Waals surface area contributed by atoms with Gasteiger partial charge in [-0.25, -0.2) is 9.18 Å². The number of benzene rings is 1. The molecule has 0 atom stereocenters. The fraction of sp³-hybridized carbons (Fsp3) is 0.417. The number of aliphatic hydroxyl groups excluding tert-OH is 1. The van der Waals surface area contributed by atoms with Crippen molar-refractivity contribution < 1.29 is 14.3 Å². The van der Waals surface area contributed by atoms with E-state index in [-0.39, 0.29) is 18.5 Å². The van der Waals surface area contributed by atoms with Gasteiger partial charge >= 0.3 is 6.03 Å². The Kier molecular flexibility index (Phi) is 6.67. The molecule has 18 heavy (non-hydrogen) atoms. The third-order valence-electron chi connectivity index (χ3n) is 2.30. The Morgan fingerprint density at radius 2 is 2.06 bits per heavy atom. The largest absolute Gasteiger partial charge is 0.396 e. The van der Waals surface area contributed by atoms with E-state index in [1.807, 2.05) is 0 Å². The number of hydrogen-bond acceptors (Lipinski definition) is 2. The van der Waals surface area contributed by atoms with Crippen molar-refractivity contribution in [3.63, 3.8) is 0 Å². The molecule has 0 spiro atoms. The number of urea groups is 1.